The van der Waals surface area contributed by atoms with Crippen molar-refractivity contribution in [3.05, 3.63) is 82.4 Å². The first-order valence-electron chi connectivity index (χ1n) is 8.51. The quantitative estimate of drug-likeness (QED) is 0.304. The Labute approximate surface area is 177 Å². The van der Waals surface area contributed by atoms with Crippen LogP contribution in [-0.4, -0.2) is 14.8 Å². The van der Waals surface area contributed by atoms with Gasteiger partial charge in [-0.1, -0.05) is 47.1 Å². The SMILES string of the molecule is C=CCn1c(SCc2c(Cl)cccc2Cl)nnc1C(C)Oc1ccc(F)cc1. The number of allylic oxidation sites excluding steroid dienone is 1. The summed E-state index contributed by atoms with van der Waals surface area (Å²) in [6.45, 7) is 6.20. The number of hydrogen-bond donors (Lipinski definition) is 0. The molecule has 2 aromatic carbocycles. The zero-order valence-corrected chi connectivity index (χ0v) is 17.4. The van der Waals surface area contributed by atoms with E-state index in [0.29, 0.717) is 39.1 Å². The molecule has 0 aliphatic heterocycles. The number of nitrogens with zero attached hydrogens (tertiary/aromatic N) is 3. The summed E-state index contributed by atoms with van der Waals surface area (Å²) in [5.74, 6) is 1.45. The topological polar surface area (TPSA) is 39.9 Å². The van der Waals surface area contributed by atoms with E-state index >= 15 is 0 Å². The fourth-order valence-electron chi connectivity index (χ4n) is 2.59. The molecular weight excluding hydrogens is 420 g/mol. The molecule has 0 saturated heterocycles. The minimum Gasteiger partial charge on any atom is -0.483 e. The maximum Gasteiger partial charge on any atom is 0.191 e. The van der Waals surface area contributed by atoms with Gasteiger partial charge >= 0.3 is 0 Å². The van der Waals surface area contributed by atoms with E-state index in [2.05, 4.69) is 16.8 Å². The molecule has 28 heavy (non-hydrogen) atoms. The molecule has 146 valence electrons. The summed E-state index contributed by atoms with van der Waals surface area (Å²) in [6.07, 6.45) is 1.39. The van der Waals surface area contributed by atoms with Crippen molar-refractivity contribution in [2.45, 2.75) is 30.5 Å². The van der Waals surface area contributed by atoms with Gasteiger partial charge in [-0.05, 0) is 48.9 Å². The normalized spacial score (nSPS) is 12.0. The first-order valence-corrected chi connectivity index (χ1v) is 10.3. The van der Waals surface area contributed by atoms with Crippen LogP contribution in [0.15, 0.2) is 60.3 Å². The fraction of sp³-hybridized carbons (Fsp3) is 0.200. The van der Waals surface area contributed by atoms with Crippen LogP contribution in [0.25, 0.3) is 0 Å². The standard InChI is InChI=1S/C20H18Cl2FN3OS/c1-3-11-26-19(13(2)27-15-9-7-14(23)8-10-15)24-25-20(26)28-12-16-17(21)5-4-6-18(16)22/h3-10,13H,1,11-12H2,2H3. The fourth-order valence-corrected chi connectivity index (χ4v) is 4.28. The Balaban J connectivity index is 1.78. The highest BCUT2D eigenvalue weighted by Crippen LogP contribution is 2.32. The van der Waals surface area contributed by atoms with Crippen molar-refractivity contribution in [1.82, 2.24) is 14.8 Å². The van der Waals surface area contributed by atoms with Gasteiger partial charge < -0.3 is 4.74 Å². The van der Waals surface area contributed by atoms with Crippen LogP contribution < -0.4 is 4.74 Å². The number of rotatable bonds is 8. The highest BCUT2D eigenvalue weighted by Gasteiger charge is 2.19. The first kappa shape index (κ1) is 20.7. The number of halogens is 3. The predicted octanol–water partition coefficient (Wildman–Crippen LogP) is 6.34. The van der Waals surface area contributed by atoms with E-state index in [1.54, 1.807) is 18.2 Å². The van der Waals surface area contributed by atoms with E-state index in [1.807, 2.05) is 29.7 Å². The smallest absolute Gasteiger partial charge is 0.191 e. The maximum absolute atomic E-state index is 13.1. The Kier molecular flexibility index (Phi) is 6.99. The summed E-state index contributed by atoms with van der Waals surface area (Å²) < 4.78 is 20.9. The molecule has 4 nitrogen and oxygen atoms in total. The number of benzene rings is 2. The van der Waals surface area contributed by atoms with Crippen LogP contribution in [0.3, 0.4) is 0 Å². The molecule has 0 N–H and O–H groups in total. The largest absolute Gasteiger partial charge is 0.483 e. The Bertz CT molecular complexity index is 942. The molecule has 0 amide bonds. The molecule has 8 heteroatoms. The van der Waals surface area contributed by atoms with Crippen LogP contribution in [0.4, 0.5) is 4.39 Å². The lowest BCUT2D eigenvalue weighted by atomic mass is 10.2. The summed E-state index contributed by atoms with van der Waals surface area (Å²) in [5.41, 5.74) is 0.848. The minimum absolute atomic E-state index is 0.313. The molecule has 0 aliphatic rings. The van der Waals surface area contributed by atoms with Crippen LogP contribution in [0.2, 0.25) is 10.0 Å². The molecule has 1 atom stereocenters. The summed E-state index contributed by atoms with van der Waals surface area (Å²) in [5, 5.41) is 10.5. The van der Waals surface area contributed by atoms with Gasteiger partial charge in [0.1, 0.15) is 11.6 Å². The van der Waals surface area contributed by atoms with Gasteiger partial charge in [0.15, 0.2) is 17.1 Å². The second-order valence-electron chi connectivity index (χ2n) is 5.94. The third kappa shape index (κ3) is 4.87. The average molecular weight is 438 g/mol. The molecule has 0 aliphatic carbocycles. The minimum atomic E-state index is -0.379. The third-order valence-electron chi connectivity index (χ3n) is 3.95. The zero-order valence-electron chi connectivity index (χ0n) is 15.1. The highest BCUT2D eigenvalue weighted by molar-refractivity contribution is 7.98. The molecule has 0 bridgehead atoms. The van der Waals surface area contributed by atoms with Gasteiger partial charge in [-0.3, -0.25) is 4.57 Å². The van der Waals surface area contributed by atoms with E-state index in [9.17, 15) is 4.39 Å². The lowest BCUT2D eigenvalue weighted by Gasteiger charge is -2.16. The van der Waals surface area contributed by atoms with E-state index in [0.717, 1.165) is 5.56 Å². The molecular formula is C20H18Cl2FN3OS. The highest BCUT2D eigenvalue weighted by atomic mass is 35.5. The van der Waals surface area contributed by atoms with Crippen LogP contribution in [0.5, 0.6) is 5.75 Å². The molecule has 1 aromatic heterocycles. The van der Waals surface area contributed by atoms with Gasteiger partial charge in [0.2, 0.25) is 0 Å². The molecule has 1 unspecified atom stereocenters. The van der Waals surface area contributed by atoms with Gasteiger partial charge in [0.25, 0.3) is 0 Å². The molecule has 3 rings (SSSR count). The summed E-state index contributed by atoms with van der Waals surface area (Å²) >= 11 is 14.0. The van der Waals surface area contributed by atoms with E-state index in [1.165, 1.54) is 23.9 Å². The second kappa shape index (κ2) is 9.45. The zero-order chi connectivity index (χ0) is 20.1. The summed E-state index contributed by atoms with van der Waals surface area (Å²) in [7, 11) is 0. The van der Waals surface area contributed by atoms with Crippen molar-refractivity contribution < 1.29 is 9.13 Å². The summed E-state index contributed by atoms with van der Waals surface area (Å²) in [6, 6.07) is 11.3. The maximum atomic E-state index is 13.1. The van der Waals surface area contributed by atoms with Crippen LogP contribution >= 0.6 is 35.0 Å². The third-order valence-corrected chi connectivity index (χ3v) is 5.66. The lowest BCUT2D eigenvalue weighted by molar-refractivity contribution is 0.210. The van der Waals surface area contributed by atoms with Crippen molar-refractivity contribution in [3.63, 3.8) is 0 Å². The number of hydrogen-bond acceptors (Lipinski definition) is 4. The van der Waals surface area contributed by atoms with Crippen molar-refractivity contribution >= 4 is 35.0 Å². The van der Waals surface area contributed by atoms with Gasteiger partial charge in [-0.2, -0.15) is 0 Å². The van der Waals surface area contributed by atoms with Gasteiger partial charge in [0.05, 0.1) is 0 Å². The Morgan fingerprint density at radius 1 is 1.18 bits per heavy atom. The Morgan fingerprint density at radius 3 is 2.50 bits per heavy atom. The van der Waals surface area contributed by atoms with Crippen molar-refractivity contribution in [3.8, 4) is 5.75 Å². The van der Waals surface area contributed by atoms with Crippen molar-refractivity contribution in [2.24, 2.45) is 0 Å². The number of aromatic nitrogens is 3. The van der Waals surface area contributed by atoms with E-state index < -0.39 is 0 Å². The lowest BCUT2D eigenvalue weighted by Crippen LogP contribution is -2.12. The molecule has 0 radical (unpaired) electrons. The number of thioether (sulfide) groups is 1. The monoisotopic (exact) mass is 437 g/mol. The molecule has 0 saturated carbocycles. The van der Waals surface area contributed by atoms with Gasteiger partial charge in [0, 0.05) is 22.3 Å². The molecule has 3 aromatic rings. The Morgan fingerprint density at radius 2 is 1.86 bits per heavy atom. The second-order valence-corrected chi connectivity index (χ2v) is 7.70. The van der Waals surface area contributed by atoms with Crippen LogP contribution in [0, 0.1) is 5.82 Å². The average Bonchev–Trinajstić information content (AvgIpc) is 3.06. The summed E-state index contributed by atoms with van der Waals surface area (Å²) in [4.78, 5) is 0. The Hall–Kier alpha value is -2.02. The van der Waals surface area contributed by atoms with E-state index in [4.69, 9.17) is 27.9 Å². The van der Waals surface area contributed by atoms with Crippen LogP contribution in [0.1, 0.15) is 24.4 Å². The molecule has 0 spiro atoms. The first-order chi connectivity index (χ1) is 13.5. The number of ether oxygens (including phenoxy) is 1. The van der Waals surface area contributed by atoms with Crippen molar-refractivity contribution in [1.29, 1.82) is 0 Å². The van der Waals surface area contributed by atoms with Gasteiger partial charge in [-0.15, -0.1) is 16.8 Å². The molecule has 0 fully saturated rings. The van der Waals surface area contributed by atoms with Crippen LogP contribution in [-0.2, 0) is 12.3 Å². The van der Waals surface area contributed by atoms with Crippen molar-refractivity contribution in [2.75, 3.05) is 0 Å². The predicted molar refractivity (Wildman–Crippen MR) is 112 cm³/mol. The molecule has 1 heterocycles. The van der Waals surface area contributed by atoms with Gasteiger partial charge in [-0.25, -0.2) is 4.39 Å². The van der Waals surface area contributed by atoms with E-state index in [-0.39, 0.29) is 11.9 Å².